The van der Waals surface area contributed by atoms with Crippen molar-refractivity contribution in [3.8, 4) is 17.0 Å². The minimum Gasteiger partial charge on any atom is -0.494 e. The number of methoxy groups -OCH3 is 2. The molecule has 48 heavy (non-hydrogen) atoms. The van der Waals surface area contributed by atoms with Gasteiger partial charge < -0.3 is 29.9 Å². The molecule has 2 amide bonds. The van der Waals surface area contributed by atoms with E-state index in [1.165, 1.54) is 36.5 Å². The summed E-state index contributed by atoms with van der Waals surface area (Å²) in [7, 11) is 2.24. The van der Waals surface area contributed by atoms with Gasteiger partial charge in [-0.25, -0.2) is 14.4 Å². The van der Waals surface area contributed by atoms with Gasteiger partial charge in [0.05, 0.1) is 25.0 Å². The van der Waals surface area contributed by atoms with Crippen LogP contribution in [0.15, 0.2) is 48.9 Å². The van der Waals surface area contributed by atoms with Gasteiger partial charge >= 0.3 is 6.18 Å². The van der Waals surface area contributed by atoms with E-state index in [1.807, 2.05) is 0 Å². The molecule has 2 fully saturated rings. The Hall–Kier alpha value is -4.83. The molecule has 4 aromatic rings. The van der Waals surface area contributed by atoms with Crippen molar-refractivity contribution < 1.29 is 41.0 Å². The van der Waals surface area contributed by atoms with Crippen LogP contribution in [0.1, 0.15) is 22.3 Å². The number of fused-ring (bicyclic) bond motifs is 1. The molecule has 11 nitrogen and oxygen atoms in total. The molecule has 2 saturated heterocycles. The Morgan fingerprint density at radius 2 is 1.75 bits per heavy atom. The molecule has 2 aromatic heterocycles. The summed E-state index contributed by atoms with van der Waals surface area (Å²) >= 11 is 0. The Morgan fingerprint density at radius 3 is 2.40 bits per heavy atom. The van der Waals surface area contributed by atoms with Gasteiger partial charge in [-0.2, -0.15) is 17.6 Å². The van der Waals surface area contributed by atoms with E-state index in [-0.39, 0.29) is 43.4 Å². The number of halogens is 5. The van der Waals surface area contributed by atoms with Crippen molar-refractivity contribution in [2.45, 2.75) is 31.2 Å². The van der Waals surface area contributed by atoms with Gasteiger partial charge in [-0.05, 0) is 42.8 Å². The number of imidazole rings is 1. The molecule has 0 unspecified atom stereocenters. The van der Waals surface area contributed by atoms with E-state index >= 15 is 0 Å². The van der Waals surface area contributed by atoms with Crippen LogP contribution in [-0.2, 0) is 9.53 Å². The van der Waals surface area contributed by atoms with Gasteiger partial charge in [0.25, 0.3) is 5.91 Å². The van der Waals surface area contributed by atoms with E-state index in [0.29, 0.717) is 34.0 Å². The SMILES string of the molecule is COc1ccc(-c2cnc3c(Nc4ccc(C(=O)N5CCN(C(=O)[C@@H]6C[C@@](OC)(C(F)(F)F)CN6)CC5)c(C)c4)nccn23)c(F)c1F. The van der Waals surface area contributed by atoms with Crippen LogP contribution in [-0.4, -0.2) is 101 Å². The summed E-state index contributed by atoms with van der Waals surface area (Å²) < 4.78 is 81.1. The molecule has 0 radical (unpaired) electrons. The molecule has 2 aliphatic rings. The zero-order valence-electron chi connectivity index (χ0n) is 26.2. The third kappa shape index (κ3) is 5.78. The van der Waals surface area contributed by atoms with Gasteiger partial charge in [-0.15, -0.1) is 0 Å². The number of benzene rings is 2. The molecule has 2 aromatic carbocycles. The second-order valence-electron chi connectivity index (χ2n) is 11.7. The van der Waals surface area contributed by atoms with Crippen LogP contribution in [0.25, 0.3) is 16.9 Å². The molecular weight excluding hydrogens is 641 g/mol. The quantitative estimate of drug-likeness (QED) is 0.279. The van der Waals surface area contributed by atoms with Crippen LogP contribution in [0.3, 0.4) is 0 Å². The second-order valence-corrected chi connectivity index (χ2v) is 11.7. The molecule has 16 heteroatoms. The fourth-order valence-electron chi connectivity index (χ4n) is 6.16. The van der Waals surface area contributed by atoms with E-state index in [1.54, 1.807) is 40.6 Å². The van der Waals surface area contributed by atoms with Gasteiger partial charge in [0.1, 0.15) is 0 Å². The van der Waals surface area contributed by atoms with Crippen LogP contribution >= 0.6 is 0 Å². The number of aromatic nitrogens is 3. The fourth-order valence-corrected chi connectivity index (χ4v) is 6.16. The Kier molecular flexibility index (Phi) is 8.72. The van der Waals surface area contributed by atoms with Crippen molar-refractivity contribution in [2.24, 2.45) is 0 Å². The molecular formula is C32H32F5N7O4. The summed E-state index contributed by atoms with van der Waals surface area (Å²) in [4.78, 5) is 38.2. The Bertz CT molecular complexity index is 1880. The molecule has 0 bridgehead atoms. The average Bonchev–Trinajstić information content (AvgIpc) is 3.72. The molecule has 6 rings (SSSR count). The first kappa shape index (κ1) is 33.1. The summed E-state index contributed by atoms with van der Waals surface area (Å²) in [5.74, 6) is -2.75. The molecule has 4 heterocycles. The van der Waals surface area contributed by atoms with Crippen molar-refractivity contribution >= 4 is 29.0 Å². The maximum absolute atomic E-state index is 14.8. The monoisotopic (exact) mass is 673 g/mol. The van der Waals surface area contributed by atoms with Crippen molar-refractivity contribution in [3.05, 3.63) is 71.7 Å². The van der Waals surface area contributed by atoms with E-state index in [9.17, 15) is 31.5 Å². The first-order chi connectivity index (χ1) is 22.9. The Balaban J connectivity index is 1.11. The van der Waals surface area contributed by atoms with E-state index in [4.69, 9.17) is 9.47 Å². The lowest BCUT2D eigenvalue weighted by molar-refractivity contribution is -0.262. The number of ether oxygens (including phenoxy) is 2. The third-order valence-corrected chi connectivity index (χ3v) is 8.94. The molecule has 2 atom stereocenters. The highest BCUT2D eigenvalue weighted by Crippen LogP contribution is 2.40. The summed E-state index contributed by atoms with van der Waals surface area (Å²) in [6.07, 6.45) is -0.667. The number of carbonyl (C=O) groups excluding carboxylic acids is 2. The summed E-state index contributed by atoms with van der Waals surface area (Å²) in [5.41, 5.74) is -0.0594. The maximum atomic E-state index is 14.8. The highest BCUT2D eigenvalue weighted by Gasteiger charge is 2.60. The minimum absolute atomic E-state index is 0.00774. The molecule has 0 spiro atoms. The van der Waals surface area contributed by atoms with Crippen molar-refractivity contribution in [1.82, 2.24) is 29.5 Å². The third-order valence-electron chi connectivity index (χ3n) is 8.94. The molecule has 0 saturated carbocycles. The number of nitrogens with one attached hydrogen (secondary N) is 2. The van der Waals surface area contributed by atoms with Gasteiger partial charge in [0, 0.05) is 75.5 Å². The number of hydrogen-bond donors (Lipinski definition) is 2. The average molecular weight is 674 g/mol. The fraction of sp³-hybridized carbons (Fsp3) is 0.375. The number of aryl methyl sites for hydroxylation is 1. The molecule has 0 aliphatic carbocycles. The Morgan fingerprint density at radius 1 is 1.02 bits per heavy atom. The number of anilines is 2. The first-order valence-electron chi connectivity index (χ1n) is 15.0. The molecule has 254 valence electrons. The number of alkyl halides is 3. The van der Waals surface area contributed by atoms with E-state index < -0.39 is 48.3 Å². The van der Waals surface area contributed by atoms with Crippen LogP contribution in [0.5, 0.6) is 5.75 Å². The predicted octanol–water partition coefficient (Wildman–Crippen LogP) is 4.33. The first-order valence-corrected chi connectivity index (χ1v) is 15.0. The lowest BCUT2D eigenvalue weighted by Gasteiger charge is -2.36. The van der Waals surface area contributed by atoms with Crippen LogP contribution < -0.4 is 15.4 Å². The highest BCUT2D eigenvalue weighted by molar-refractivity contribution is 5.96. The van der Waals surface area contributed by atoms with Crippen LogP contribution in [0.4, 0.5) is 33.5 Å². The summed E-state index contributed by atoms with van der Waals surface area (Å²) in [6, 6.07) is 6.82. The highest BCUT2D eigenvalue weighted by atomic mass is 19.4. The number of hydrogen-bond acceptors (Lipinski definition) is 8. The predicted molar refractivity (Wildman–Crippen MR) is 164 cm³/mol. The maximum Gasteiger partial charge on any atom is 0.418 e. The standard InChI is InChI=1S/C32H32F5N7O4/c1-18-14-19(41-27-28-39-16-23(44(28)9-8-38-27)21-6-7-24(47-2)26(34)25(21)33)4-5-20(18)29(45)42-10-12-43(13-11-42)30(46)22-15-31(48-3,17-40-22)32(35,36)37/h4-9,14,16,22,40H,10-13,15,17H2,1-3H3,(H,38,41)/t22-,31-/m0/s1. The van der Waals surface area contributed by atoms with Gasteiger partial charge in [-0.3, -0.25) is 14.0 Å². The van der Waals surface area contributed by atoms with Gasteiger partial charge in [0.15, 0.2) is 28.6 Å². The van der Waals surface area contributed by atoms with E-state index in [0.717, 1.165) is 7.11 Å². The van der Waals surface area contributed by atoms with E-state index in [2.05, 4.69) is 20.6 Å². The summed E-state index contributed by atoms with van der Waals surface area (Å²) in [5, 5.41) is 5.82. The van der Waals surface area contributed by atoms with Gasteiger partial charge in [-0.1, -0.05) is 0 Å². The number of amides is 2. The smallest absolute Gasteiger partial charge is 0.418 e. The Labute approximate surface area is 271 Å². The molecule has 2 N–H and O–H groups in total. The zero-order valence-corrected chi connectivity index (χ0v) is 26.2. The van der Waals surface area contributed by atoms with Crippen LogP contribution in [0, 0.1) is 18.6 Å². The number of piperazine rings is 1. The lowest BCUT2D eigenvalue weighted by Crippen LogP contribution is -2.54. The van der Waals surface area contributed by atoms with Crippen LogP contribution in [0.2, 0.25) is 0 Å². The lowest BCUT2D eigenvalue weighted by atomic mass is 9.98. The summed E-state index contributed by atoms with van der Waals surface area (Å²) in [6.45, 7) is 2.07. The largest absolute Gasteiger partial charge is 0.494 e. The van der Waals surface area contributed by atoms with Gasteiger partial charge in [0.2, 0.25) is 11.7 Å². The van der Waals surface area contributed by atoms with Crippen molar-refractivity contribution in [3.63, 3.8) is 0 Å². The zero-order chi connectivity index (χ0) is 34.4. The second kappa shape index (κ2) is 12.6. The topological polar surface area (TPSA) is 113 Å². The number of rotatable bonds is 7. The minimum atomic E-state index is -4.62. The van der Waals surface area contributed by atoms with Crippen molar-refractivity contribution in [2.75, 3.05) is 52.3 Å². The normalized spacial score (nSPS) is 20.0. The molecule has 2 aliphatic heterocycles. The van der Waals surface area contributed by atoms with Crippen molar-refractivity contribution in [1.29, 1.82) is 0 Å². The number of carbonyl (C=O) groups is 2. The number of nitrogens with zero attached hydrogens (tertiary/aromatic N) is 5.